The topological polar surface area (TPSA) is 52.1 Å². The van der Waals surface area contributed by atoms with E-state index < -0.39 is 0 Å². The van der Waals surface area contributed by atoms with Gasteiger partial charge in [0.25, 0.3) is 0 Å². The molecular formula is C18H14N2O2S2. The third-order valence-corrected chi connectivity index (χ3v) is 4.78. The lowest BCUT2D eigenvalue weighted by atomic mass is 10.2. The maximum atomic E-state index is 5.71. The summed E-state index contributed by atoms with van der Waals surface area (Å²) < 4.78 is 11.4. The monoisotopic (exact) mass is 354 g/mol. The van der Waals surface area contributed by atoms with E-state index in [0.29, 0.717) is 22.9 Å². The van der Waals surface area contributed by atoms with Crippen molar-refractivity contribution in [2.45, 2.75) is 23.6 Å². The minimum atomic E-state index is 0.497. The molecule has 0 aliphatic carbocycles. The molecule has 0 amide bonds. The highest BCUT2D eigenvalue weighted by Crippen LogP contribution is 2.25. The first kappa shape index (κ1) is 15.4. The molecule has 2 heterocycles. The molecule has 6 heteroatoms. The van der Waals surface area contributed by atoms with Crippen LogP contribution in [0.5, 0.6) is 0 Å². The highest BCUT2D eigenvalue weighted by atomic mass is 32.1. The summed E-state index contributed by atoms with van der Waals surface area (Å²) in [6.07, 6.45) is 3.49. The molecule has 0 N–H and O–H groups in total. The van der Waals surface area contributed by atoms with Gasteiger partial charge < -0.3 is 8.83 Å². The second-order valence-corrected chi connectivity index (χ2v) is 6.61. The van der Waals surface area contributed by atoms with Crippen molar-refractivity contribution in [3.63, 3.8) is 0 Å². The van der Waals surface area contributed by atoms with E-state index in [1.54, 1.807) is 12.2 Å². The molecule has 0 spiro atoms. The number of hydrogen-bond acceptors (Lipinski definition) is 6. The third-order valence-electron chi connectivity index (χ3n) is 3.81. The molecule has 0 atom stereocenters. The minimum Gasteiger partial charge on any atom is -0.437 e. The molecule has 0 unspecified atom stereocenters. The molecule has 120 valence electrons. The van der Waals surface area contributed by atoms with Crippen LogP contribution in [0.1, 0.15) is 22.9 Å². The lowest BCUT2D eigenvalue weighted by Gasteiger charge is -1.95. The predicted molar refractivity (Wildman–Crippen MR) is 101 cm³/mol. The summed E-state index contributed by atoms with van der Waals surface area (Å²) in [5.41, 5.74) is 5.14. The van der Waals surface area contributed by atoms with Gasteiger partial charge in [0.15, 0.2) is 11.2 Å². The Labute approximate surface area is 149 Å². The zero-order chi connectivity index (χ0) is 16.8. The maximum absolute atomic E-state index is 5.71. The van der Waals surface area contributed by atoms with E-state index in [0.717, 1.165) is 32.0 Å². The number of benzene rings is 2. The molecule has 0 fully saturated rings. The quantitative estimate of drug-likeness (QED) is 0.478. The number of oxazole rings is 2. The molecule has 0 aliphatic rings. The van der Waals surface area contributed by atoms with Gasteiger partial charge in [0.05, 0.1) is 0 Å². The fourth-order valence-corrected chi connectivity index (χ4v) is 2.82. The van der Waals surface area contributed by atoms with Gasteiger partial charge >= 0.3 is 0 Å². The van der Waals surface area contributed by atoms with E-state index in [4.69, 9.17) is 8.83 Å². The molecule has 4 nitrogen and oxygen atoms in total. The predicted octanol–water partition coefficient (Wildman–Crippen LogP) is 5.33. The number of fused-ring (bicyclic) bond motifs is 2. The van der Waals surface area contributed by atoms with E-state index in [2.05, 4.69) is 35.2 Å². The molecule has 2 aromatic carbocycles. The van der Waals surface area contributed by atoms with E-state index in [1.807, 2.05) is 38.1 Å². The van der Waals surface area contributed by atoms with Crippen LogP contribution in [0.2, 0.25) is 0 Å². The van der Waals surface area contributed by atoms with Crippen molar-refractivity contribution in [2.75, 3.05) is 0 Å². The Morgan fingerprint density at radius 3 is 1.58 bits per heavy atom. The van der Waals surface area contributed by atoms with E-state index in [1.165, 1.54) is 0 Å². The normalized spacial score (nSPS) is 12.0. The maximum Gasteiger partial charge on any atom is 0.220 e. The molecule has 2 aromatic heterocycles. The van der Waals surface area contributed by atoms with Crippen LogP contribution in [-0.4, -0.2) is 9.97 Å². The Morgan fingerprint density at radius 1 is 0.750 bits per heavy atom. The van der Waals surface area contributed by atoms with Gasteiger partial charge in [-0.05, 0) is 49.2 Å². The summed E-state index contributed by atoms with van der Waals surface area (Å²) in [5, 5.41) is 0. The summed E-state index contributed by atoms with van der Waals surface area (Å²) in [6.45, 7) is 3.98. The van der Waals surface area contributed by atoms with Crippen LogP contribution >= 0.6 is 25.3 Å². The van der Waals surface area contributed by atoms with Crippen molar-refractivity contribution in [3.05, 3.63) is 47.2 Å². The number of thiol groups is 2. The minimum absolute atomic E-state index is 0.497. The first-order valence-corrected chi connectivity index (χ1v) is 8.27. The molecule has 0 bridgehead atoms. The zero-order valence-electron chi connectivity index (χ0n) is 13.1. The van der Waals surface area contributed by atoms with Crippen LogP contribution in [0.3, 0.4) is 0 Å². The fourth-order valence-electron chi connectivity index (χ4n) is 2.46. The molecule has 24 heavy (non-hydrogen) atoms. The Kier molecular flexibility index (Phi) is 3.66. The van der Waals surface area contributed by atoms with Gasteiger partial charge in [-0.15, -0.1) is 25.3 Å². The van der Waals surface area contributed by atoms with E-state index >= 15 is 0 Å². The number of aromatic nitrogens is 2. The van der Waals surface area contributed by atoms with Crippen molar-refractivity contribution in [1.82, 2.24) is 9.97 Å². The van der Waals surface area contributed by atoms with Crippen molar-refractivity contribution in [2.24, 2.45) is 0 Å². The van der Waals surface area contributed by atoms with Gasteiger partial charge in [0.2, 0.25) is 11.8 Å². The second-order valence-electron chi connectivity index (χ2n) is 5.65. The number of aryl methyl sites for hydroxylation is 2. The van der Waals surface area contributed by atoms with Crippen LogP contribution in [0.15, 0.2) is 42.9 Å². The standard InChI is InChI=1S/C18H14N2O2S2/c1-9-5-11-13(7-15(9)23)21-17(19-11)3-4-18-20-12-6-10(2)16(24)8-14(12)22-18/h3-8,23-24H,1-2H3. The molecule has 0 saturated heterocycles. The SMILES string of the molecule is Cc1cc2nc(C=Cc3nc4cc(C)c(S)cc4o3)oc2cc1S. The van der Waals surface area contributed by atoms with Gasteiger partial charge in [-0.1, -0.05) is 0 Å². The van der Waals surface area contributed by atoms with Gasteiger partial charge in [0.1, 0.15) is 11.0 Å². The first-order chi connectivity index (χ1) is 11.5. The van der Waals surface area contributed by atoms with Crippen molar-refractivity contribution in [1.29, 1.82) is 0 Å². The summed E-state index contributed by atoms with van der Waals surface area (Å²) in [5.74, 6) is 0.994. The molecule has 0 radical (unpaired) electrons. The average Bonchev–Trinajstić information content (AvgIpc) is 3.09. The number of rotatable bonds is 2. The molecule has 0 saturated carbocycles. The van der Waals surface area contributed by atoms with Crippen molar-refractivity contribution < 1.29 is 8.83 Å². The molecular weight excluding hydrogens is 340 g/mol. The third kappa shape index (κ3) is 2.72. The summed E-state index contributed by atoms with van der Waals surface area (Å²) in [7, 11) is 0. The van der Waals surface area contributed by atoms with Gasteiger partial charge in [0, 0.05) is 21.9 Å². The van der Waals surface area contributed by atoms with Crippen LogP contribution in [0.25, 0.3) is 34.4 Å². The Hall–Kier alpha value is -2.18. The fraction of sp³-hybridized carbons (Fsp3) is 0.111. The van der Waals surface area contributed by atoms with Crippen LogP contribution in [0, 0.1) is 13.8 Å². The van der Waals surface area contributed by atoms with E-state index in [9.17, 15) is 0 Å². The van der Waals surface area contributed by atoms with E-state index in [-0.39, 0.29) is 0 Å². The second kappa shape index (κ2) is 5.72. The number of nitrogens with zero attached hydrogens (tertiary/aromatic N) is 2. The first-order valence-electron chi connectivity index (χ1n) is 7.38. The Bertz CT molecular complexity index is 943. The number of hydrogen-bond donors (Lipinski definition) is 2. The summed E-state index contributed by atoms with van der Waals surface area (Å²) >= 11 is 8.80. The van der Waals surface area contributed by atoms with Crippen LogP contribution < -0.4 is 0 Å². The largest absolute Gasteiger partial charge is 0.437 e. The zero-order valence-corrected chi connectivity index (χ0v) is 14.9. The summed E-state index contributed by atoms with van der Waals surface area (Å²) in [4.78, 5) is 10.6. The van der Waals surface area contributed by atoms with Crippen LogP contribution in [0.4, 0.5) is 0 Å². The van der Waals surface area contributed by atoms with Crippen LogP contribution in [-0.2, 0) is 0 Å². The van der Waals surface area contributed by atoms with Crippen molar-refractivity contribution >= 4 is 59.6 Å². The smallest absolute Gasteiger partial charge is 0.220 e. The van der Waals surface area contributed by atoms with Gasteiger partial charge in [-0.2, -0.15) is 0 Å². The molecule has 0 aliphatic heterocycles. The summed E-state index contributed by atoms with van der Waals surface area (Å²) in [6, 6.07) is 7.65. The van der Waals surface area contributed by atoms with Gasteiger partial charge in [-0.3, -0.25) is 0 Å². The highest BCUT2D eigenvalue weighted by molar-refractivity contribution is 7.80. The highest BCUT2D eigenvalue weighted by Gasteiger charge is 2.08. The Morgan fingerprint density at radius 2 is 1.17 bits per heavy atom. The molecule has 4 rings (SSSR count). The van der Waals surface area contributed by atoms with Crippen molar-refractivity contribution in [3.8, 4) is 0 Å². The molecule has 4 aromatic rings. The van der Waals surface area contributed by atoms with Gasteiger partial charge in [-0.25, -0.2) is 9.97 Å². The Balaban J connectivity index is 1.69. The average molecular weight is 354 g/mol. The lowest BCUT2D eigenvalue weighted by molar-refractivity contribution is 0.583. The lowest BCUT2D eigenvalue weighted by Crippen LogP contribution is -1.76.